The minimum atomic E-state index is -1.83. The Kier molecular flexibility index (Phi) is 36.2. The summed E-state index contributed by atoms with van der Waals surface area (Å²) in [6, 6.07) is 0. The van der Waals surface area contributed by atoms with Crippen molar-refractivity contribution in [1.82, 2.24) is 0 Å². The molecule has 7 heavy (non-hydrogen) atoms. The van der Waals surface area contributed by atoms with Gasteiger partial charge in [0.25, 0.3) is 0 Å². The zero-order chi connectivity index (χ0) is 5.58. The molecule has 0 aliphatic rings. The molecule has 0 radical (unpaired) electrons. The van der Waals surface area contributed by atoms with Gasteiger partial charge in [0, 0.05) is 0 Å². The van der Waals surface area contributed by atoms with E-state index in [1.807, 2.05) is 0 Å². The van der Waals surface area contributed by atoms with Crippen molar-refractivity contribution >= 4 is 6.16 Å². The van der Waals surface area contributed by atoms with Crippen LogP contribution >= 0.6 is 0 Å². The van der Waals surface area contributed by atoms with Gasteiger partial charge >= 0.3 is 48.2 Å². The standard InChI is InChI=1S/CH2O3.Li.Mo.O.H/c2-1(3)4;;;;/h(H2,2,3,4);;;;/q;+1;;;-1. The molecule has 38 valence electrons. The van der Waals surface area contributed by atoms with Gasteiger partial charge in [0.15, 0.2) is 0 Å². The summed E-state index contributed by atoms with van der Waals surface area (Å²) in [6.07, 6.45) is -1.83. The molecule has 2 N–H and O–H groups in total. The predicted octanol–water partition coefficient (Wildman–Crippen LogP) is -2.78. The van der Waals surface area contributed by atoms with Gasteiger partial charge in [-0.25, -0.2) is 4.79 Å². The molecule has 0 heterocycles. The van der Waals surface area contributed by atoms with E-state index in [2.05, 4.69) is 0 Å². The molecule has 0 unspecified atom stereocenters. The van der Waals surface area contributed by atoms with Crippen LogP contribution in [0.25, 0.3) is 0 Å². The van der Waals surface area contributed by atoms with Crippen molar-refractivity contribution in [2.45, 2.75) is 0 Å². The third-order valence-corrected chi connectivity index (χ3v) is 0. The molecule has 0 amide bonds. The van der Waals surface area contributed by atoms with E-state index in [1.54, 1.807) is 0 Å². The fourth-order valence-electron chi connectivity index (χ4n) is 0. The van der Waals surface area contributed by atoms with Crippen LogP contribution in [0, 0.1) is 0 Å². The third-order valence-electron chi connectivity index (χ3n) is 0. The molecule has 0 saturated heterocycles. The molecule has 4 nitrogen and oxygen atoms in total. The average molecular weight is 182 g/mol. The Morgan fingerprint density at radius 2 is 1.43 bits per heavy atom. The Morgan fingerprint density at radius 3 is 1.43 bits per heavy atom. The van der Waals surface area contributed by atoms with Crippen molar-refractivity contribution in [3.63, 3.8) is 0 Å². The van der Waals surface area contributed by atoms with E-state index in [-0.39, 0.29) is 20.3 Å². The molecule has 0 aromatic carbocycles. The van der Waals surface area contributed by atoms with Crippen LogP contribution in [-0.2, 0) is 23.2 Å². The molecule has 0 rings (SSSR count). The Hall–Kier alpha value is 0.356. The van der Waals surface area contributed by atoms with Crippen LogP contribution in [0.15, 0.2) is 0 Å². The van der Waals surface area contributed by atoms with E-state index in [0.29, 0.717) is 19.8 Å². The van der Waals surface area contributed by atoms with Gasteiger partial charge in [0.05, 0.1) is 0 Å². The van der Waals surface area contributed by atoms with Crippen LogP contribution in [-0.4, -0.2) is 16.4 Å². The Labute approximate surface area is 64.8 Å². The Balaban J connectivity index is -0.0000000183. The fraction of sp³-hybridized carbons (Fsp3) is 0. The van der Waals surface area contributed by atoms with Gasteiger partial charge < -0.3 is 11.6 Å². The molecule has 0 aliphatic carbocycles. The molecular formula is CH3LiMoO4. The van der Waals surface area contributed by atoms with E-state index < -0.39 is 6.16 Å². The summed E-state index contributed by atoms with van der Waals surface area (Å²) < 4.78 is 8.26. The Morgan fingerprint density at radius 1 is 1.43 bits per heavy atom. The number of hydrogen-bond donors (Lipinski definition) is 2. The van der Waals surface area contributed by atoms with Gasteiger partial charge in [0.1, 0.15) is 0 Å². The van der Waals surface area contributed by atoms with E-state index in [4.69, 9.17) is 18.4 Å². The fourth-order valence-corrected chi connectivity index (χ4v) is 0. The molecule has 0 aromatic rings. The predicted molar refractivity (Wildman–Crippen MR) is 12.5 cm³/mol. The number of hydrogen-bond acceptors (Lipinski definition) is 2. The second-order valence-electron chi connectivity index (χ2n) is 0.283. The van der Waals surface area contributed by atoms with E-state index in [0.717, 1.165) is 0 Å². The summed E-state index contributed by atoms with van der Waals surface area (Å²) in [4.78, 5) is 8.56. The molecule has 0 saturated carbocycles. The first-order chi connectivity index (χ1) is 2.73. The summed E-state index contributed by atoms with van der Waals surface area (Å²) in [5, 5.41) is 13.9. The van der Waals surface area contributed by atoms with Gasteiger partial charge in [-0.1, -0.05) is 0 Å². The summed E-state index contributed by atoms with van der Waals surface area (Å²) in [5.74, 6) is 0. The SMILES string of the molecule is O=C(O)O.[H-].[Li+].[O]=[Mo]. The maximum absolute atomic E-state index is 8.56. The summed E-state index contributed by atoms with van der Waals surface area (Å²) >= 11 is 0.700. The average Bonchev–Trinajstić information content (AvgIpc) is 1.41. The van der Waals surface area contributed by atoms with Crippen molar-refractivity contribution < 1.29 is 58.5 Å². The van der Waals surface area contributed by atoms with Crippen LogP contribution in [0.2, 0.25) is 0 Å². The monoisotopic (exact) mass is 184 g/mol. The first-order valence-corrected chi connectivity index (χ1v) is 1.64. The topological polar surface area (TPSA) is 74.6 Å². The van der Waals surface area contributed by atoms with Crippen LogP contribution in [0.5, 0.6) is 0 Å². The number of carbonyl (C=O) groups is 1. The third kappa shape index (κ3) is 953. The molecule has 0 fully saturated rings. The van der Waals surface area contributed by atoms with Gasteiger partial charge in [-0.2, -0.15) is 0 Å². The summed E-state index contributed by atoms with van der Waals surface area (Å²) in [5.41, 5.74) is 0. The van der Waals surface area contributed by atoms with E-state index in [9.17, 15) is 0 Å². The van der Waals surface area contributed by atoms with E-state index in [1.165, 1.54) is 0 Å². The van der Waals surface area contributed by atoms with Crippen LogP contribution in [0.4, 0.5) is 4.79 Å². The van der Waals surface area contributed by atoms with E-state index >= 15 is 0 Å². The molecule has 0 spiro atoms. The molecule has 6 heteroatoms. The second-order valence-corrected chi connectivity index (χ2v) is 0.283. The van der Waals surface area contributed by atoms with Gasteiger partial charge in [-0.3, -0.25) is 0 Å². The zero-order valence-corrected chi connectivity index (χ0v) is 5.63. The Bertz CT molecular complexity index is 47.3. The van der Waals surface area contributed by atoms with Crippen molar-refractivity contribution in [2.24, 2.45) is 0 Å². The first kappa shape index (κ1) is 15.7. The molecule has 0 bridgehead atoms. The molecule has 0 aliphatic heterocycles. The van der Waals surface area contributed by atoms with Crippen molar-refractivity contribution in [3.8, 4) is 0 Å². The zero-order valence-electron chi connectivity index (χ0n) is 4.62. The van der Waals surface area contributed by atoms with Crippen LogP contribution in [0.1, 0.15) is 1.43 Å². The molecular weight excluding hydrogens is 179 g/mol. The minimum absolute atomic E-state index is 0. The first-order valence-electron chi connectivity index (χ1n) is 0.818. The van der Waals surface area contributed by atoms with Gasteiger partial charge in [-0.05, 0) is 0 Å². The van der Waals surface area contributed by atoms with Gasteiger partial charge in [0.2, 0.25) is 0 Å². The van der Waals surface area contributed by atoms with Crippen molar-refractivity contribution in [2.75, 3.05) is 0 Å². The summed E-state index contributed by atoms with van der Waals surface area (Å²) in [7, 11) is 0. The molecule has 0 aromatic heterocycles. The van der Waals surface area contributed by atoms with Crippen LogP contribution < -0.4 is 18.9 Å². The molecule has 0 atom stereocenters. The number of rotatable bonds is 0. The van der Waals surface area contributed by atoms with Crippen molar-refractivity contribution in [1.29, 1.82) is 0 Å². The second kappa shape index (κ2) is 16.2. The normalized spacial score (nSPS) is 4.00. The quantitative estimate of drug-likeness (QED) is 0.397. The van der Waals surface area contributed by atoms with Gasteiger partial charge in [-0.15, -0.1) is 0 Å². The van der Waals surface area contributed by atoms with Crippen molar-refractivity contribution in [3.05, 3.63) is 0 Å². The number of carboxylic acid groups (broad SMARTS) is 2. The van der Waals surface area contributed by atoms with Crippen LogP contribution in [0.3, 0.4) is 0 Å². The summed E-state index contributed by atoms with van der Waals surface area (Å²) in [6.45, 7) is 0. The maximum atomic E-state index is 8.56.